The topological polar surface area (TPSA) is 82.9 Å². The highest BCUT2D eigenvalue weighted by Crippen LogP contribution is 2.34. The quantitative estimate of drug-likeness (QED) is 0.476. The van der Waals surface area contributed by atoms with Crippen molar-refractivity contribution in [2.24, 2.45) is 0 Å². The van der Waals surface area contributed by atoms with E-state index in [9.17, 15) is 9.59 Å². The number of likely N-dealkylation sites (N-methyl/N-ethyl adjacent to an activating group) is 1. The third-order valence-electron chi connectivity index (χ3n) is 5.07. The van der Waals surface area contributed by atoms with Crippen molar-refractivity contribution in [3.05, 3.63) is 60.4 Å². The van der Waals surface area contributed by atoms with Crippen molar-refractivity contribution in [3.8, 4) is 28.3 Å². The minimum absolute atomic E-state index is 0.105. The van der Waals surface area contributed by atoms with Gasteiger partial charge in [0, 0.05) is 24.8 Å². The predicted octanol–water partition coefficient (Wildman–Crippen LogP) is 3.58. The van der Waals surface area contributed by atoms with E-state index in [2.05, 4.69) is 5.10 Å². The fourth-order valence-electron chi connectivity index (χ4n) is 3.32. The number of rotatable bonds is 9. The molecule has 0 spiro atoms. The van der Waals surface area contributed by atoms with Gasteiger partial charge in [-0.2, -0.15) is 5.10 Å². The number of esters is 1. The van der Waals surface area contributed by atoms with Crippen molar-refractivity contribution < 1.29 is 23.8 Å². The van der Waals surface area contributed by atoms with E-state index >= 15 is 0 Å². The van der Waals surface area contributed by atoms with Crippen LogP contribution in [0.3, 0.4) is 0 Å². The smallest absolute Gasteiger partial charge is 0.360 e. The maximum Gasteiger partial charge on any atom is 0.360 e. The monoisotopic (exact) mass is 437 g/mol. The van der Waals surface area contributed by atoms with Crippen LogP contribution in [0, 0.1) is 0 Å². The number of aromatic nitrogens is 2. The van der Waals surface area contributed by atoms with Crippen LogP contribution in [0.15, 0.2) is 54.7 Å². The Bertz CT molecular complexity index is 1070. The third-order valence-corrected chi connectivity index (χ3v) is 5.07. The van der Waals surface area contributed by atoms with E-state index in [0.717, 1.165) is 5.69 Å². The van der Waals surface area contributed by atoms with Gasteiger partial charge in [-0.05, 0) is 43.7 Å². The van der Waals surface area contributed by atoms with Crippen LogP contribution < -0.4 is 9.47 Å². The first-order valence-electron chi connectivity index (χ1n) is 10.3. The molecule has 1 aromatic heterocycles. The summed E-state index contributed by atoms with van der Waals surface area (Å²) < 4.78 is 17.6. The van der Waals surface area contributed by atoms with Gasteiger partial charge in [-0.15, -0.1) is 0 Å². The Labute approximate surface area is 187 Å². The van der Waals surface area contributed by atoms with Crippen molar-refractivity contribution in [2.75, 3.05) is 33.9 Å². The molecule has 2 aromatic carbocycles. The lowest BCUT2D eigenvalue weighted by Crippen LogP contribution is -2.34. The van der Waals surface area contributed by atoms with Crippen LogP contribution in [0.1, 0.15) is 24.3 Å². The number of nitrogens with zero attached hydrogens (tertiary/aromatic N) is 3. The molecule has 0 atom stereocenters. The van der Waals surface area contributed by atoms with Gasteiger partial charge in [0.25, 0.3) is 5.91 Å². The summed E-state index contributed by atoms with van der Waals surface area (Å²) >= 11 is 0. The zero-order valence-electron chi connectivity index (χ0n) is 18.7. The summed E-state index contributed by atoms with van der Waals surface area (Å²) in [6.45, 7) is 4.50. The van der Waals surface area contributed by atoms with E-state index in [0.29, 0.717) is 35.7 Å². The molecule has 8 heteroatoms. The molecule has 0 aliphatic rings. The molecule has 0 fully saturated rings. The van der Waals surface area contributed by atoms with Gasteiger partial charge in [0.2, 0.25) is 0 Å². The maximum absolute atomic E-state index is 12.9. The summed E-state index contributed by atoms with van der Waals surface area (Å²) in [4.78, 5) is 26.8. The lowest BCUT2D eigenvalue weighted by Gasteiger charge is -2.18. The Hall–Kier alpha value is -3.81. The van der Waals surface area contributed by atoms with Crippen LogP contribution in [-0.2, 0) is 9.53 Å². The first-order chi connectivity index (χ1) is 15.5. The van der Waals surface area contributed by atoms with E-state index in [1.165, 1.54) is 0 Å². The molecule has 0 radical (unpaired) electrons. The Morgan fingerprint density at radius 2 is 1.66 bits per heavy atom. The van der Waals surface area contributed by atoms with E-state index in [1.807, 2.05) is 50.2 Å². The van der Waals surface area contributed by atoms with Crippen LogP contribution >= 0.6 is 0 Å². The average Bonchev–Trinajstić information content (AvgIpc) is 3.29. The number of carbonyl (C=O) groups is 2. The first-order valence-corrected chi connectivity index (χ1v) is 10.3. The predicted molar refractivity (Wildman–Crippen MR) is 120 cm³/mol. The number of hydrogen-bond acceptors (Lipinski definition) is 6. The summed E-state index contributed by atoms with van der Waals surface area (Å²) in [5, 5.41) is 4.46. The average molecular weight is 437 g/mol. The molecule has 0 N–H and O–H groups in total. The first kappa shape index (κ1) is 22.9. The normalized spacial score (nSPS) is 10.5. The van der Waals surface area contributed by atoms with Crippen LogP contribution in [-0.4, -0.2) is 60.5 Å². The molecular weight excluding hydrogens is 410 g/mol. The largest absolute Gasteiger partial charge is 0.493 e. The Balaban J connectivity index is 1.98. The number of carbonyl (C=O) groups excluding carboxylic acids is 2. The molecule has 0 aliphatic heterocycles. The Kier molecular flexibility index (Phi) is 7.49. The molecule has 1 heterocycles. The van der Waals surface area contributed by atoms with Crippen LogP contribution in [0.4, 0.5) is 0 Å². The number of methoxy groups -OCH3 is 2. The summed E-state index contributed by atoms with van der Waals surface area (Å²) in [6.07, 6.45) is 1.75. The Morgan fingerprint density at radius 1 is 0.969 bits per heavy atom. The van der Waals surface area contributed by atoms with E-state index in [1.54, 1.807) is 42.1 Å². The molecule has 1 amide bonds. The SMILES string of the molecule is CCN(CC)C(=O)COC(=O)c1nn(-c2ccccc2)cc1-c1ccc(OC)c(OC)c1. The van der Waals surface area contributed by atoms with Gasteiger partial charge in [-0.1, -0.05) is 24.3 Å². The highest BCUT2D eigenvalue weighted by atomic mass is 16.5. The highest BCUT2D eigenvalue weighted by molar-refractivity contribution is 5.96. The summed E-state index contributed by atoms with van der Waals surface area (Å²) in [6, 6.07) is 14.8. The van der Waals surface area contributed by atoms with Crippen LogP contribution in [0.2, 0.25) is 0 Å². The molecule has 0 saturated carbocycles. The summed E-state index contributed by atoms with van der Waals surface area (Å²) in [5.74, 6) is 0.164. The van der Waals surface area contributed by atoms with Gasteiger partial charge >= 0.3 is 5.97 Å². The van der Waals surface area contributed by atoms with Gasteiger partial charge in [-0.25, -0.2) is 9.48 Å². The number of benzene rings is 2. The fourth-order valence-corrected chi connectivity index (χ4v) is 3.32. The molecule has 0 bridgehead atoms. The molecular formula is C24H27N3O5. The number of amides is 1. The standard InChI is InChI=1S/C24H27N3O5/c1-5-26(6-2)22(28)16-32-24(29)23-19(15-27(25-23)18-10-8-7-9-11-18)17-12-13-20(30-3)21(14-17)31-4/h7-15H,5-6,16H2,1-4H3. The zero-order chi connectivity index (χ0) is 23.1. The number of hydrogen-bond donors (Lipinski definition) is 0. The van der Waals surface area contributed by atoms with Crippen LogP contribution in [0.25, 0.3) is 16.8 Å². The number of para-hydroxylation sites is 1. The molecule has 3 aromatic rings. The van der Waals surface area contributed by atoms with Gasteiger partial charge < -0.3 is 19.1 Å². The van der Waals surface area contributed by atoms with E-state index < -0.39 is 5.97 Å². The molecule has 32 heavy (non-hydrogen) atoms. The molecule has 0 aliphatic carbocycles. The second kappa shape index (κ2) is 10.5. The van der Waals surface area contributed by atoms with Crippen molar-refractivity contribution in [1.82, 2.24) is 14.7 Å². The van der Waals surface area contributed by atoms with E-state index in [4.69, 9.17) is 14.2 Å². The van der Waals surface area contributed by atoms with Gasteiger partial charge in [0.05, 0.1) is 19.9 Å². The third kappa shape index (κ3) is 4.91. The zero-order valence-corrected chi connectivity index (χ0v) is 18.7. The highest BCUT2D eigenvalue weighted by Gasteiger charge is 2.23. The lowest BCUT2D eigenvalue weighted by atomic mass is 10.1. The van der Waals surface area contributed by atoms with Crippen molar-refractivity contribution in [1.29, 1.82) is 0 Å². The number of ether oxygens (including phenoxy) is 3. The van der Waals surface area contributed by atoms with Gasteiger partial charge in [0.1, 0.15) is 0 Å². The minimum Gasteiger partial charge on any atom is -0.493 e. The van der Waals surface area contributed by atoms with Crippen LogP contribution in [0.5, 0.6) is 11.5 Å². The minimum atomic E-state index is -0.676. The molecule has 168 valence electrons. The Morgan fingerprint density at radius 3 is 2.28 bits per heavy atom. The summed E-state index contributed by atoms with van der Waals surface area (Å²) in [7, 11) is 3.10. The second-order valence-corrected chi connectivity index (χ2v) is 6.88. The van der Waals surface area contributed by atoms with Crippen molar-refractivity contribution in [2.45, 2.75) is 13.8 Å². The van der Waals surface area contributed by atoms with Crippen molar-refractivity contribution >= 4 is 11.9 Å². The summed E-state index contributed by atoms with van der Waals surface area (Å²) in [5.41, 5.74) is 2.14. The van der Waals surface area contributed by atoms with Gasteiger partial charge in [0.15, 0.2) is 23.8 Å². The van der Waals surface area contributed by atoms with Crippen molar-refractivity contribution in [3.63, 3.8) is 0 Å². The van der Waals surface area contributed by atoms with E-state index in [-0.39, 0.29) is 18.2 Å². The molecule has 0 unspecified atom stereocenters. The second-order valence-electron chi connectivity index (χ2n) is 6.88. The molecule has 8 nitrogen and oxygen atoms in total. The molecule has 3 rings (SSSR count). The molecule has 0 saturated heterocycles. The van der Waals surface area contributed by atoms with Gasteiger partial charge in [-0.3, -0.25) is 4.79 Å². The fraction of sp³-hybridized carbons (Fsp3) is 0.292. The lowest BCUT2D eigenvalue weighted by molar-refractivity contribution is -0.134. The maximum atomic E-state index is 12.9.